The highest BCUT2D eigenvalue weighted by Gasteiger charge is 2.19. The molecule has 0 bridgehead atoms. The van der Waals surface area contributed by atoms with Gasteiger partial charge in [-0.1, -0.05) is 0 Å². The van der Waals surface area contributed by atoms with Gasteiger partial charge >= 0.3 is 0 Å². The first-order valence-electron chi connectivity index (χ1n) is 3.48. The largest absolute Gasteiger partial charge is 0.393 e. The van der Waals surface area contributed by atoms with Gasteiger partial charge in [0.15, 0.2) is 0 Å². The third-order valence-electron chi connectivity index (χ3n) is 1.24. The Morgan fingerprint density at radius 3 is 2.30 bits per heavy atom. The summed E-state index contributed by atoms with van der Waals surface area (Å²) in [6, 6.07) is 0. The molecular formula is C7H14F2O. The molecule has 0 radical (unpaired) electrons. The molecule has 1 nitrogen and oxygen atoms in total. The van der Waals surface area contributed by atoms with E-state index in [0.717, 1.165) is 6.92 Å². The fourth-order valence-corrected chi connectivity index (χ4v) is 0.708. The number of aliphatic hydroxyl groups excluding tert-OH is 1. The zero-order valence-electron chi connectivity index (χ0n) is 6.40. The lowest BCUT2D eigenvalue weighted by Crippen LogP contribution is -2.10. The van der Waals surface area contributed by atoms with Crippen molar-refractivity contribution >= 4 is 0 Å². The first kappa shape index (κ1) is 9.82. The molecule has 0 heterocycles. The van der Waals surface area contributed by atoms with Gasteiger partial charge in [-0.05, 0) is 26.7 Å². The van der Waals surface area contributed by atoms with Gasteiger partial charge in [0.1, 0.15) is 0 Å². The minimum atomic E-state index is -2.57. The van der Waals surface area contributed by atoms with Crippen LogP contribution in [-0.2, 0) is 0 Å². The maximum atomic E-state index is 12.1. The third-order valence-corrected chi connectivity index (χ3v) is 1.24. The number of alkyl halides is 2. The van der Waals surface area contributed by atoms with Crippen molar-refractivity contribution < 1.29 is 13.9 Å². The molecule has 0 aromatic heterocycles. The van der Waals surface area contributed by atoms with Gasteiger partial charge in [-0.15, -0.1) is 0 Å². The van der Waals surface area contributed by atoms with E-state index in [2.05, 4.69) is 0 Å². The van der Waals surface area contributed by atoms with Crippen molar-refractivity contribution in [2.45, 2.75) is 45.1 Å². The minimum Gasteiger partial charge on any atom is -0.393 e. The fraction of sp³-hybridized carbons (Fsp3) is 1.00. The van der Waals surface area contributed by atoms with Crippen molar-refractivity contribution in [1.82, 2.24) is 0 Å². The SMILES string of the molecule is CC(O)CCCC(C)(F)F. The van der Waals surface area contributed by atoms with Crippen molar-refractivity contribution in [1.29, 1.82) is 0 Å². The molecule has 0 aromatic carbocycles. The average molecular weight is 152 g/mol. The minimum absolute atomic E-state index is 0.127. The first-order chi connectivity index (χ1) is 4.42. The van der Waals surface area contributed by atoms with Gasteiger partial charge in [0.2, 0.25) is 5.92 Å². The van der Waals surface area contributed by atoms with Gasteiger partial charge < -0.3 is 5.11 Å². The van der Waals surface area contributed by atoms with E-state index in [-0.39, 0.29) is 6.42 Å². The molecule has 0 aromatic rings. The van der Waals surface area contributed by atoms with E-state index >= 15 is 0 Å². The summed E-state index contributed by atoms with van der Waals surface area (Å²) in [7, 11) is 0. The molecule has 0 amide bonds. The highest BCUT2D eigenvalue weighted by molar-refractivity contribution is 4.59. The molecule has 62 valence electrons. The molecule has 0 aliphatic carbocycles. The summed E-state index contributed by atoms with van der Waals surface area (Å²) in [5.41, 5.74) is 0. The molecular weight excluding hydrogens is 138 g/mol. The Bertz CT molecular complexity index is 86.1. The molecule has 0 saturated carbocycles. The Labute approximate surface area is 60.1 Å². The van der Waals surface area contributed by atoms with E-state index in [1.165, 1.54) is 0 Å². The van der Waals surface area contributed by atoms with Crippen molar-refractivity contribution in [3.63, 3.8) is 0 Å². The first-order valence-corrected chi connectivity index (χ1v) is 3.48. The van der Waals surface area contributed by atoms with E-state index in [0.29, 0.717) is 12.8 Å². The molecule has 10 heavy (non-hydrogen) atoms. The van der Waals surface area contributed by atoms with Crippen molar-refractivity contribution in [3.05, 3.63) is 0 Å². The number of halogens is 2. The lowest BCUT2D eigenvalue weighted by atomic mass is 10.1. The van der Waals surface area contributed by atoms with Crippen LogP contribution in [0.1, 0.15) is 33.1 Å². The van der Waals surface area contributed by atoms with Crippen LogP contribution in [0.3, 0.4) is 0 Å². The van der Waals surface area contributed by atoms with Crippen LogP contribution >= 0.6 is 0 Å². The van der Waals surface area contributed by atoms with E-state index in [4.69, 9.17) is 5.11 Å². The summed E-state index contributed by atoms with van der Waals surface area (Å²) in [5.74, 6) is -2.57. The number of hydrogen-bond donors (Lipinski definition) is 1. The highest BCUT2D eigenvalue weighted by atomic mass is 19.3. The quantitative estimate of drug-likeness (QED) is 0.654. The Hall–Kier alpha value is -0.180. The maximum absolute atomic E-state index is 12.1. The molecule has 1 N–H and O–H groups in total. The standard InChI is InChI=1S/C7H14F2O/c1-6(10)4-3-5-7(2,8)9/h6,10H,3-5H2,1-2H3. The van der Waals surface area contributed by atoms with Gasteiger partial charge in [-0.2, -0.15) is 0 Å². The predicted molar refractivity (Wildman–Crippen MR) is 36.2 cm³/mol. The summed E-state index contributed by atoms with van der Waals surface area (Å²) in [4.78, 5) is 0. The Balaban J connectivity index is 3.21. The van der Waals surface area contributed by atoms with Gasteiger partial charge in [-0.25, -0.2) is 8.78 Å². The molecule has 1 atom stereocenters. The number of hydrogen-bond acceptors (Lipinski definition) is 1. The monoisotopic (exact) mass is 152 g/mol. The van der Waals surface area contributed by atoms with Crippen LogP contribution in [0.25, 0.3) is 0 Å². The van der Waals surface area contributed by atoms with Crippen LogP contribution in [-0.4, -0.2) is 17.1 Å². The normalized spacial score (nSPS) is 15.3. The van der Waals surface area contributed by atoms with Gasteiger partial charge in [0.05, 0.1) is 6.10 Å². The highest BCUT2D eigenvalue weighted by Crippen LogP contribution is 2.19. The molecule has 1 unspecified atom stereocenters. The van der Waals surface area contributed by atoms with Crippen LogP contribution in [0, 0.1) is 0 Å². The van der Waals surface area contributed by atoms with Crippen molar-refractivity contribution in [2.75, 3.05) is 0 Å². The predicted octanol–water partition coefficient (Wildman–Crippen LogP) is 2.19. The zero-order chi connectivity index (χ0) is 8.20. The molecule has 0 fully saturated rings. The van der Waals surface area contributed by atoms with Gasteiger partial charge in [-0.3, -0.25) is 0 Å². The summed E-state index contributed by atoms with van der Waals surface area (Å²) >= 11 is 0. The summed E-state index contributed by atoms with van der Waals surface area (Å²) in [6.45, 7) is 2.50. The zero-order valence-corrected chi connectivity index (χ0v) is 6.40. The third kappa shape index (κ3) is 7.82. The maximum Gasteiger partial charge on any atom is 0.245 e. The van der Waals surface area contributed by atoms with Crippen LogP contribution in [0.5, 0.6) is 0 Å². The fourth-order valence-electron chi connectivity index (χ4n) is 0.708. The summed E-state index contributed by atoms with van der Waals surface area (Å²) < 4.78 is 24.2. The van der Waals surface area contributed by atoms with Crippen molar-refractivity contribution in [3.8, 4) is 0 Å². The number of aliphatic hydroxyl groups is 1. The van der Waals surface area contributed by atoms with Crippen LogP contribution in [0.4, 0.5) is 8.78 Å². The smallest absolute Gasteiger partial charge is 0.245 e. The summed E-state index contributed by atoms with van der Waals surface area (Å²) in [6.07, 6.45) is 0.269. The average Bonchev–Trinajstić information content (AvgIpc) is 1.59. The van der Waals surface area contributed by atoms with E-state index in [9.17, 15) is 8.78 Å². The molecule has 0 aliphatic heterocycles. The van der Waals surface area contributed by atoms with Gasteiger partial charge in [0.25, 0.3) is 0 Å². The van der Waals surface area contributed by atoms with Crippen LogP contribution in [0.15, 0.2) is 0 Å². The second kappa shape index (κ2) is 3.86. The van der Waals surface area contributed by atoms with Crippen molar-refractivity contribution in [2.24, 2.45) is 0 Å². The molecule has 0 spiro atoms. The topological polar surface area (TPSA) is 20.2 Å². The second-order valence-corrected chi connectivity index (χ2v) is 2.81. The Morgan fingerprint density at radius 1 is 1.50 bits per heavy atom. The van der Waals surface area contributed by atoms with E-state index in [1.54, 1.807) is 6.92 Å². The lowest BCUT2D eigenvalue weighted by Gasteiger charge is -2.09. The Kier molecular flexibility index (Phi) is 3.79. The molecule has 0 rings (SSSR count). The van der Waals surface area contributed by atoms with Crippen LogP contribution < -0.4 is 0 Å². The summed E-state index contributed by atoms with van der Waals surface area (Å²) in [5, 5.41) is 8.70. The Morgan fingerprint density at radius 2 is 2.00 bits per heavy atom. The molecule has 0 aliphatic rings. The van der Waals surface area contributed by atoms with Crippen LogP contribution in [0.2, 0.25) is 0 Å². The lowest BCUT2D eigenvalue weighted by molar-refractivity contribution is 0.00771. The second-order valence-electron chi connectivity index (χ2n) is 2.81. The molecule has 3 heteroatoms. The van der Waals surface area contributed by atoms with Gasteiger partial charge in [0, 0.05) is 6.42 Å². The molecule has 0 saturated heterocycles. The number of rotatable bonds is 4. The van der Waals surface area contributed by atoms with E-state index < -0.39 is 12.0 Å². The van der Waals surface area contributed by atoms with E-state index in [1.807, 2.05) is 0 Å².